The first-order valence-electron chi connectivity index (χ1n) is 10.0. The zero-order chi connectivity index (χ0) is 20.2. The lowest BCUT2D eigenvalue weighted by atomic mass is 9.83. The molecule has 0 bridgehead atoms. The highest BCUT2D eigenvalue weighted by atomic mass is 16.6. The topological polar surface area (TPSA) is 98.9 Å². The van der Waals surface area contributed by atoms with E-state index in [9.17, 15) is 14.4 Å². The molecule has 7 nitrogen and oxygen atoms in total. The SMILES string of the molecule is CC(C)COC(=O)[C@@]1(C(=O)OC2CCCCC2)CC(C)(C)CN1C(=O)CN. The Morgan fingerprint density at radius 3 is 2.30 bits per heavy atom. The second-order valence-corrected chi connectivity index (χ2v) is 9.04. The van der Waals surface area contributed by atoms with Crippen LogP contribution in [0.2, 0.25) is 0 Å². The van der Waals surface area contributed by atoms with Crippen LogP contribution in [0.15, 0.2) is 0 Å². The Kier molecular flexibility index (Phi) is 6.89. The van der Waals surface area contributed by atoms with E-state index in [1.165, 1.54) is 4.90 Å². The zero-order valence-corrected chi connectivity index (χ0v) is 17.1. The Hall–Kier alpha value is -1.63. The molecule has 154 valence electrons. The van der Waals surface area contributed by atoms with Crippen LogP contribution in [0, 0.1) is 11.3 Å². The van der Waals surface area contributed by atoms with E-state index in [-0.39, 0.29) is 38.1 Å². The average molecular weight is 383 g/mol. The van der Waals surface area contributed by atoms with Crippen molar-refractivity contribution in [3.63, 3.8) is 0 Å². The maximum atomic E-state index is 13.3. The van der Waals surface area contributed by atoms with E-state index in [0.29, 0.717) is 0 Å². The number of carbonyl (C=O) groups is 3. The Morgan fingerprint density at radius 1 is 1.11 bits per heavy atom. The van der Waals surface area contributed by atoms with Gasteiger partial charge >= 0.3 is 11.9 Å². The predicted molar refractivity (Wildman–Crippen MR) is 101 cm³/mol. The van der Waals surface area contributed by atoms with Gasteiger partial charge in [-0.25, -0.2) is 9.59 Å². The molecule has 0 aromatic heterocycles. The van der Waals surface area contributed by atoms with E-state index in [4.69, 9.17) is 15.2 Å². The van der Waals surface area contributed by atoms with Gasteiger partial charge in [-0.15, -0.1) is 0 Å². The summed E-state index contributed by atoms with van der Waals surface area (Å²) in [5.41, 5.74) is 3.41. The second kappa shape index (κ2) is 8.59. The summed E-state index contributed by atoms with van der Waals surface area (Å²) in [5.74, 6) is -1.70. The van der Waals surface area contributed by atoms with Gasteiger partial charge in [0.25, 0.3) is 0 Å². The molecule has 2 N–H and O–H groups in total. The van der Waals surface area contributed by atoms with Crippen molar-refractivity contribution in [2.45, 2.75) is 77.9 Å². The minimum atomic E-state index is -1.74. The molecule has 1 heterocycles. The van der Waals surface area contributed by atoms with Crippen LogP contribution in [0.3, 0.4) is 0 Å². The number of carbonyl (C=O) groups excluding carboxylic acids is 3. The molecular formula is C20H34N2O5. The minimum absolute atomic E-state index is 0.119. The lowest BCUT2D eigenvalue weighted by Gasteiger charge is -2.35. The quantitative estimate of drug-likeness (QED) is 0.557. The van der Waals surface area contributed by atoms with E-state index in [2.05, 4.69) is 0 Å². The molecule has 0 unspecified atom stereocenters. The minimum Gasteiger partial charge on any atom is -0.463 e. The molecule has 2 fully saturated rings. The molecule has 1 saturated carbocycles. The average Bonchev–Trinajstić information content (AvgIpc) is 2.92. The smallest absolute Gasteiger partial charge is 0.344 e. The fourth-order valence-electron chi connectivity index (χ4n) is 4.06. The first-order valence-corrected chi connectivity index (χ1v) is 10.0. The predicted octanol–water partition coefficient (Wildman–Crippen LogP) is 2.02. The number of hydrogen-bond donors (Lipinski definition) is 1. The first-order chi connectivity index (χ1) is 12.6. The molecule has 1 amide bonds. The lowest BCUT2D eigenvalue weighted by molar-refractivity contribution is -0.181. The van der Waals surface area contributed by atoms with Gasteiger partial charge in [0.05, 0.1) is 13.2 Å². The first kappa shape index (κ1) is 21.7. The molecule has 0 spiro atoms. The van der Waals surface area contributed by atoms with E-state index in [1.807, 2.05) is 27.7 Å². The standard InChI is InChI=1S/C20H34N2O5/c1-14(2)11-26-17(24)20(18(25)27-15-8-6-5-7-9-15)12-19(3,4)13-22(20)16(23)10-21/h14-15H,5-13,21H2,1-4H3/t20-/m1/s1. The summed E-state index contributed by atoms with van der Waals surface area (Å²) in [7, 11) is 0. The monoisotopic (exact) mass is 382 g/mol. The van der Waals surface area contributed by atoms with Crippen molar-refractivity contribution < 1.29 is 23.9 Å². The third-order valence-corrected chi connectivity index (χ3v) is 5.31. The van der Waals surface area contributed by atoms with E-state index in [0.717, 1.165) is 32.1 Å². The number of nitrogens with two attached hydrogens (primary N) is 1. The van der Waals surface area contributed by atoms with Gasteiger partial charge in [-0.05, 0) is 43.4 Å². The van der Waals surface area contributed by atoms with Crippen LogP contribution in [-0.2, 0) is 23.9 Å². The molecule has 27 heavy (non-hydrogen) atoms. The van der Waals surface area contributed by atoms with Crippen LogP contribution in [0.4, 0.5) is 0 Å². The molecular weight excluding hydrogens is 348 g/mol. The molecule has 2 rings (SSSR count). The Balaban J connectivity index is 2.35. The van der Waals surface area contributed by atoms with Gasteiger partial charge < -0.3 is 20.1 Å². The van der Waals surface area contributed by atoms with Gasteiger partial charge in [-0.2, -0.15) is 0 Å². The molecule has 1 aliphatic carbocycles. The van der Waals surface area contributed by atoms with Gasteiger partial charge in [0, 0.05) is 6.54 Å². The summed E-state index contributed by atoms with van der Waals surface area (Å²) < 4.78 is 11.2. The molecule has 1 atom stereocenters. The normalized spacial score (nSPS) is 25.5. The van der Waals surface area contributed by atoms with Crippen LogP contribution in [-0.4, -0.2) is 54.1 Å². The van der Waals surface area contributed by atoms with Crippen molar-refractivity contribution in [3.05, 3.63) is 0 Å². The van der Waals surface area contributed by atoms with Crippen molar-refractivity contribution >= 4 is 17.8 Å². The Bertz CT molecular complexity index is 569. The molecule has 0 radical (unpaired) electrons. The van der Waals surface area contributed by atoms with Crippen LogP contribution >= 0.6 is 0 Å². The van der Waals surface area contributed by atoms with Gasteiger partial charge in [-0.3, -0.25) is 4.79 Å². The molecule has 7 heteroatoms. The molecule has 0 aromatic carbocycles. The summed E-state index contributed by atoms with van der Waals surface area (Å²) in [6.07, 6.45) is 4.67. The molecule has 1 aliphatic heterocycles. The van der Waals surface area contributed by atoms with E-state index < -0.39 is 28.8 Å². The lowest BCUT2D eigenvalue weighted by Crippen LogP contribution is -2.61. The highest BCUT2D eigenvalue weighted by Gasteiger charge is 2.63. The molecule has 0 aromatic rings. The fraction of sp³-hybridized carbons (Fsp3) is 0.850. The van der Waals surface area contributed by atoms with Crippen LogP contribution in [0.1, 0.15) is 66.2 Å². The molecule has 1 saturated heterocycles. The van der Waals surface area contributed by atoms with E-state index >= 15 is 0 Å². The van der Waals surface area contributed by atoms with Crippen molar-refractivity contribution in [1.29, 1.82) is 0 Å². The van der Waals surface area contributed by atoms with Crippen molar-refractivity contribution in [1.82, 2.24) is 4.90 Å². The van der Waals surface area contributed by atoms with Crippen LogP contribution in [0.5, 0.6) is 0 Å². The number of hydrogen-bond acceptors (Lipinski definition) is 6. The maximum absolute atomic E-state index is 13.3. The van der Waals surface area contributed by atoms with Crippen LogP contribution in [0.25, 0.3) is 0 Å². The molecule has 2 aliphatic rings. The summed E-state index contributed by atoms with van der Waals surface area (Å²) in [6, 6.07) is 0. The van der Waals surface area contributed by atoms with Gasteiger partial charge in [-0.1, -0.05) is 34.1 Å². The summed E-state index contributed by atoms with van der Waals surface area (Å²) >= 11 is 0. The zero-order valence-electron chi connectivity index (χ0n) is 17.1. The maximum Gasteiger partial charge on any atom is 0.344 e. The van der Waals surface area contributed by atoms with Crippen molar-refractivity contribution in [2.75, 3.05) is 19.7 Å². The van der Waals surface area contributed by atoms with Crippen LogP contribution < -0.4 is 5.73 Å². The second-order valence-electron chi connectivity index (χ2n) is 9.04. The number of likely N-dealkylation sites (tertiary alicyclic amines) is 1. The van der Waals surface area contributed by atoms with E-state index in [1.54, 1.807) is 0 Å². The number of ether oxygens (including phenoxy) is 2. The number of esters is 2. The fourth-order valence-corrected chi connectivity index (χ4v) is 4.06. The summed E-state index contributed by atoms with van der Waals surface area (Å²) in [5, 5.41) is 0. The van der Waals surface area contributed by atoms with Gasteiger partial charge in [0.2, 0.25) is 11.4 Å². The summed E-state index contributed by atoms with van der Waals surface area (Å²) in [6.45, 7) is 7.86. The van der Waals surface area contributed by atoms with Gasteiger partial charge in [0.15, 0.2) is 0 Å². The number of rotatable bonds is 6. The highest BCUT2D eigenvalue weighted by molar-refractivity contribution is 6.08. The van der Waals surface area contributed by atoms with Gasteiger partial charge in [0.1, 0.15) is 6.10 Å². The Morgan fingerprint density at radius 2 is 1.74 bits per heavy atom. The largest absolute Gasteiger partial charge is 0.463 e. The third kappa shape index (κ3) is 4.81. The van der Waals surface area contributed by atoms with Crippen molar-refractivity contribution in [2.24, 2.45) is 17.1 Å². The number of nitrogens with zero attached hydrogens (tertiary/aromatic N) is 1. The highest BCUT2D eigenvalue weighted by Crippen LogP contribution is 2.43. The third-order valence-electron chi connectivity index (χ3n) is 5.31. The Labute approximate surface area is 161 Å². The van der Waals surface area contributed by atoms with Crippen molar-refractivity contribution in [3.8, 4) is 0 Å². The summed E-state index contributed by atoms with van der Waals surface area (Å²) in [4.78, 5) is 40.2. The number of amides is 1.